The second kappa shape index (κ2) is 4.62. The Labute approximate surface area is 104 Å². The predicted molar refractivity (Wildman–Crippen MR) is 66.3 cm³/mol. The third kappa shape index (κ3) is 2.00. The van der Waals surface area contributed by atoms with E-state index in [4.69, 9.17) is 4.74 Å². The molecule has 2 aromatic rings. The van der Waals surface area contributed by atoms with Crippen molar-refractivity contribution in [1.29, 1.82) is 0 Å². The smallest absolute Gasteiger partial charge is 0.276 e. The number of aromatic nitrogens is 2. The summed E-state index contributed by atoms with van der Waals surface area (Å²) in [7, 11) is 0. The number of anilines is 1. The van der Waals surface area contributed by atoms with Gasteiger partial charge in [0.15, 0.2) is 5.69 Å². The van der Waals surface area contributed by atoms with E-state index in [1.807, 2.05) is 30.3 Å². The Morgan fingerprint density at radius 2 is 2.17 bits per heavy atom. The summed E-state index contributed by atoms with van der Waals surface area (Å²) < 4.78 is 5.36. The standard InChI is InChI=1S/C13H13N3O2/c17-13(14-9-4-2-1-3-5-9)12-10-8-18-7-6-11(10)15-16-12/h1-5H,6-8H2,(H,14,17)(H,15,16). The number of hydrogen-bond donors (Lipinski definition) is 2. The Balaban J connectivity index is 1.83. The average Bonchev–Trinajstić information content (AvgIpc) is 2.84. The maximum Gasteiger partial charge on any atom is 0.276 e. The normalized spacial score (nSPS) is 14.0. The molecular weight excluding hydrogens is 230 g/mol. The fourth-order valence-corrected chi connectivity index (χ4v) is 2.01. The number of H-pyrrole nitrogens is 1. The first kappa shape index (κ1) is 11.0. The molecule has 92 valence electrons. The van der Waals surface area contributed by atoms with Crippen LogP contribution in [0.25, 0.3) is 0 Å². The summed E-state index contributed by atoms with van der Waals surface area (Å²) >= 11 is 0. The molecule has 0 bridgehead atoms. The Kier molecular flexibility index (Phi) is 2.82. The first-order valence-electron chi connectivity index (χ1n) is 5.85. The van der Waals surface area contributed by atoms with Crippen LogP contribution in [0.5, 0.6) is 0 Å². The highest BCUT2D eigenvalue weighted by molar-refractivity contribution is 6.04. The van der Waals surface area contributed by atoms with Gasteiger partial charge in [-0.05, 0) is 12.1 Å². The summed E-state index contributed by atoms with van der Waals surface area (Å²) in [6, 6.07) is 9.33. The summed E-state index contributed by atoms with van der Waals surface area (Å²) in [6.45, 7) is 1.12. The van der Waals surface area contributed by atoms with Gasteiger partial charge in [-0.1, -0.05) is 18.2 Å². The molecule has 0 fully saturated rings. The van der Waals surface area contributed by atoms with Gasteiger partial charge in [-0.15, -0.1) is 0 Å². The van der Waals surface area contributed by atoms with Crippen molar-refractivity contribution in [1.82, 2.24) is 10.2 Å². The van der Waals surface area contributed by atoms with E-state index in [9.17, 15) is 4.79 Å². The van der Waals surface area contributed by atoms with E-state index in [1.54, 1.807) is 0 Å². The van der Waals surface area contributed by atoms with Gasteiger partial charge in [0, 0.05) is 23.4 Å². The lowest BCUT2D eigenvalue weighted by Crippen LogP contribution is -2.17. The third-order valence-electron chi connectivity index (χ3n) is 2.94. The summed E-state index contributed by atoms with van der Waals surface area (Å²) in [6.07, 6.45) is 0.779. The molecule has 0 spiro atoms. The van der Waals surface area contributed by atoms with Gasteiger partial charge in [-0.3, -0.25) is 9.89 Å². The Bertz CT molecular complexity index is 563. The van der Waals surface area contributed by atoms with Crippen LogP contribution in [0.1, 0.15) is 21.7 Å². The number of ether oxygens (including phenoxy) is 1. The number of nitrogens with zero attached hydrogens (tertiary/aromatic N) is 1. The molecule has 5 nitrogen and oxygen atoms in total. The van der Waals surface area contributed by atoms with Crippen LogP contribution >= 0.6 is 0 Å². The summed E-state index contributed by atoms with van der Waals surface area (Å²) in [5, 5.41) is 9.80. The van der Waals surface area contributed by atoms with Crippen molar-refractivity contribution >= 4 is 11.6 Å². The summed E-state index contributed by atoms with van der Waals surface area (Å²) in [4.78, 5) is 12.1. The number of para-hydroxylation sites is 1. The van der Waals surface area contributed by atoms with Crippen molar-refractivity contribution < 1.29 is 9.53 Å². The molecule has 1 amide bonds. The quantitative estimate of drug-likeness (QED) is 0.844. The van der Waals surface area contributed by atoms with E-state index in [1.165, 1.54) is 0 Å². The first-order valence-corrected chi connectivity index (χ1v) is 5.85. The fraction of sp³-hybridized carbons (Fsp3) is 0.231. The van der Waals surface area contributed by atoms with Crippen molar-refractivity contribution in [2.75, 3.05) is 11.9 Å². The molecule has 0 saturated heterocycles. The van der Waals surface area contributed by atoms with Crippen molar-refractivity contribution in [2.45, 2.75) is 13.0 Å². The van der Waals surface area contributed by atoms with E-state index < -0.39 is 0 Å². The number of carbonyl (C=O) groups is 1. The molecule has 5 heteroatoms. The molecule has 0 saturated carbocycles. The van der Waals surface area contributed by atoms with E-state index in [-0.39, 0.29) is 5.91 Å². The molecule has 0 aliphatic carbocycles. The summed E-state index contributed by atoms with van der Waals surface area (Å²) in [5.74, 6) is -0.204. The monoisotopic (exact) mass is 243 g/mol. The first-order chi connectivity index (χ1) is 8.84. The zero-order valence-electron chi connectivity index (χ0n) is 9.77. The highest BCUT2D eigenvalue weighted by atomic mass is 16.5. The fourth-order valence-electron chi connectivity index (χ4n) is 2.01. The largest absolute Gasteiger partial charge is 0.376 e. The molecule has 1 aromatic heterocycles. The van der Waals surface area contributed by atoms with Crippen LogP contribution in [-0.2, 0) is 17.8 Å². The number of amides is 1. The molecule has 0 radical (unpaired) electrons. The maximum atomic E-state index is 12.1. The number of carbonyl (C=O) groups excluding carboxylic acids is 1. The topological polar surface area (TPSA) is 67.0 Å². The second-order valence-electron chi connectivity index (χ2n) is 4.15. The number of benzene rings is 1. The lowest BCUT2D eigenvalue weighted by molar-refractivity contribution is 0.0985. The lowest BCUT2D eigenvalue weighted by Gasteiger charge is -2.12. The summed E-state index contributed by atoms with van der Waals surface area (Å²) in [5.41, 5.74) is 3.05. The average molecular weight is 243 g/mol. The van der Waals surface area contributed by atoms with Gasteiger partial charge in [-0.25, -0.2) is 0 Å². The highest BCUT2D eigenvalue weighted by Crippen LogP contribution is 2.19. The highest BCUT2D eigenvalue weighted by Gasteiger charge is 2.22. The molecule has 2 heterocycles. The molecule has 1 aliphatic heterocycles. The zero-order valence-corrected chi connectivity index (χ0v) is 9.77. The number of aromatic amines is 1. The van der Waals surface area contributed by atoms with Crippen LogP contribution in [0.4, 0.5) is 5.69 Å². The van der Waals surface area contributed by atoms with Gasteiger partial charge in [0.25, 0.3) is 5.91 Å². The van der Waals surface area contributed by atoms with Gasteiger partial charge in [0.05, 0.1) is 13.2 Å². The van der Waals surface area contributed by atoms with Crippen molar-refractivity contribution in [2.24, 2.45) is 0 Å². The van der Waals surface area contributed by atoms with Crippen LogP contribution < -0.4 is 5.32 Å². The molecule has 1 aromatic carbocycles. The van der Waals surface area contributed by atoms with Crippen LogP contribution in [0, 0.1) is 0 Å². The van der Waals surface area contributed by atoms with Crippen LogP contribution in [0.3, 0.4) is 0 Å². The second-order valence-corrected chi connectivity index (χ2v) is 4.15. The SMILES string of the molecule is O=C(Nc1ccccc1)c1n[nH]c2c1COCC2. The van der Waals surface area contributed by atoms with Crippen molar-refractivity contribution in [3.8, 4) is 0 Å². The Morgan fingerprint density at radius 3 is 3.00 bits per heavy atom. The van der Waals surface area contributed by atoms with Gasteiger partial charge >= 0.3 is 0 Å². The van der Waals surface area contributed by atoms with Gasteiger partial charge in [0.2, 0.25) is 0 Å². The van der Waals surface area contributed by atoms with Crippen LogP contribution in [0.15, 0.2) is 30.3 Å². The van der Waals surface area contributed by atoms with Crippen LogP contribution in [0.2, 0.25) is 0 Å². The minimum absolute atomic E-state index is 0.204. The molecule has 2 N–H and O–H groups in total. The number of nitrogens with one attached hydrogen (secondary N) is 2. The number of fused-ring (bicyclic) bond motifs is 1. The third-order valence-corrected chi connectivity index (χ3v) is 2.94. The predicted octanol–water partition coefficient (Wildman–Crippen LogP) is 1.73. The lowest BCUT2D eigenvalue weighted by atomic mass is 10.1. The maximum absolute atomic E-state index is 12.1. The minimum atomic E-state index is -0.204. The van der Waals surface area contributed by atoms with E-state index in [0.29, 0.717) is 18.9 Å². The number of rotatable bonds is 2. The molecule has 0 atom stereocenters. The molecule has 0 unspecified atom stereocenters. The minimum Gasteiger partial charge on any atom is -0.376 e. The van der Waals surface area contributed by atoms with Gasteiger partial charge in [-0.2, -0.15) is 5.10 Å². The molecule has 3 rings (SSSR count). The molecule has 1 aliphatic rings. The van der Waals surface area contributed by atoms with E-state index in [0.717, 1.165) is 23.4 Å². The molecular formula is C13H13N3O2. The Morgan fingerprint density at radius 1 is 1.33 bits per heavy atom. The van der Waals surface area contributed by atoms with Gasteiger partial charge < -0.3 is 10.1 Å². The molecule has 18 heavy (non-hydrogen) atoms. The van der Waals surface area contributed by atoms with E-state index >= 15 is 0 Å². The van der Waals surface area contributed by atoms with Crippen molar-refractivity contribution in [3.63, 3.8) is 0 Å². The van der Waals surface area contributed by atoms with Crippen LogP contribution in [-0.4, -0.2) is 22.7 Å². The van der Waals surface area contributed by atoms with E-state index in [2.05, 4.69) is 15.5 Å². The number of hydrogen-bond acceptors (Lipinski definition) is 3. The zero-order chi connectivity index (χ0) is 12.4. The van der Waals surface area contributed by atoms with Crippen molar-refractivity contribution in [3.05, 3.63) is 47.3 Å². The Hall–Kier alpha value is -2.14. The van der Waals surface area contributed by atoms with Gasteiger partial charge in [0.1, 0.15) is 0 Å².